The Bertz CT molecular complexity index is 269. The number of piperidine rings is 1. The van der Waals surface area contributed by atoms with Gasteiger partial charge < -0.3 is 5.32 Å². The van der Waals surface area contributed by atoms with Gasteiger partial charge in [0.15, 0.2) is 0 Å². The molecule has 0 aromatic heterocycles. The molecule has 118 valence electrons. The van der Waals surface area contributed by atoms with Crippen molar-refractivity contribution in [2.45, 2.75) is 77.4 Å². The molecule has 0 aromatic carbocycles. The lowest BCUT2D eigenvalue weighted by Gasteiger charge is -2.47. The third-order valence-corrected chi connectivity index (χ3v) is 5.30. The second-order valence-electron chi connectivity index (χ2n) is 6.79. The van der Waals surface area contributed by atoms with Crippen molar-refractivity contribution in [3.63, 3.8) is 0 Å². The third-order valence-electron chi connectivity index (χ3n) is 5.30. The molecule has 2 heterocycles. The summed E-state index contributed by atoms with van der Waals surface area (Å²) in [6, 6.07) is 2.34. The van der Waals surface area contributed by atoms with Gasteiger partial charge in [0.25, 0.3) is 0 Å². The maximum atomic E-state index is 3.60. The normalized spacial score (nSPS) is 30.1. The van der Waals surface area contributed by atoms with E-state index < -0.39 is 0 Å². The zero-order valence-electron chi connectivity index (χ0n) is 13.9. The maximum Gasteiger partial charge on any atom is 0.0223 e. The Kier molecular flexibility index (Phi) is 6.79. The van der Waals surface area contributed by atoms with E-state index in [9.17, 15) is 0 Å². The first-order chi connectivity index (χ1) is 9.74. The van der Waals surface area contributed by atoms with Crippen molar-refractivity contribution in [3.05, 3.63) is 0 Å². The lowest BCUT2D eigenvalue weighted by molar-refractivity contribution is 0.0143. The predicted octanol–water partition coefficient (Wildman–Crippen LogP) is 2.71. The van der Waals surface area contributed by atoms with Gasteiger partial charge in [-0.15, -0.1) is 0 Å². The summed E-state index contributed by atoms with van der Waals surface area (Å²) in [6.07, 6.45) is 8.24. The van der Waals surface area contributed by atoms with E-state index in [4.69, 9.17) is 0 Å². The number of rotatable bonds is 7. The van der Waals surface area contributed by atoms with Crippen LogP contribution in [0.5, 0.6) is 0 Å². The van der Waals surface area contributed by atoms with Crippen LogP contribution in [0.3, 0.4) is 0 Å². The molecule has 2 saturated heterocycles. The summed E-state index contributed by atoms with van der Waals surface area (Å²) in [4.78, 5) is 5.50. The number of nitrogens with one attached hydrogen (secondary N) is 1. The second-order valence-corrected chi connectivity index (χ2v) is 6.79. The topological polar surface area (TPSA) is 18.5 Å². The number of piperazine rings is 1. The lowest BCUT2D eigenvalue weighted by Crippen LogP contribution is -2.58. The minimum absolute atomic E-state index is 0.728. The molecule has 0 amide bonds. The van der Waals surface area contributed by atoms with Gasteiger partial charge in [0, 0.05) is 31.2 Å². The van der Waals surface area contributed by atoms with Gasteiger partial charge >= 0.3 is 0 Å². The summed E-state index contributed by atoms with van der Waals surface area (Å²) >= 11 is 0. The standard InChI is InChI=1S/C17H35N3/c1-4-16(18-5-2)9-8-12-19-14-17-10-6-7-11-20(17)13-15(19)3/h15-18H,4-14H2,1-3H3. The average Bonchev–Trinajstić information content (AvgIpc) is 2.46. The molecule has 0 aliphatic carbocycles. The Morgan fingerprint density at radius 3 is 2.80 bits per heavy atom. The zero-order valence-corrected chi connectivity index (χ0v) is 13.9. The van der Waals surface area contributed by atoms with Gasteiger partial charge in [-0.3, -0.25) is 9.80 Å². The van der Waals surface area contributed by atoms with Crippen LogP contribution >= 0.6 is 0 Å². The van der Waals surface area contributed by atoms with Crippen LogP contribution < -0.4 is 5.32 Å². The van der Waals surface area contributed by atoms with Crippen molar-refractivity contribution < 1.29 is 0 Å². The van der Waals surface area contributed by atoms with E-state index in [1.165, 1.54) is 64.7 Å². The highest BCUT2D eigenvalue weighted by atomic mass is 15.3. The van der Waals surface area contributed by atoms with Crippen molar-refractivity contribution in [1.29, 1.82) is 0 Å². The van der Waals surface area contributed by atoms with Gasteiger partial charge in [-0.2, -0.15) is 0 Å². The first-order valence-corrected chi connectivity index (χ1v) is 8.96. The summed E-state index contributed by atoms with van der Waals surface area (Å²) in [5.41, 5.74) is 0. The van der Waals surface area contributed by atoms with Gasteiger partial charge in [0.1, 0.15) is 0 Å². The largest absolute Gasteiger partial charge is 0.314 e. The summed E-state index contributed by atoms with van der Waals surface area (Å²) < 4.78 is 0. The highest BCUT2D eigenvalue weighted by Crippen LogP contribution is 2.24. The molecule has 0 radical (unpaired) electrons. The Hall–Kier alpha value is -0.120. The smallest absolute Gasteiger partial charge is 0.0223 e. The van der Waals surface area contributed by atoms with E-state index in [0.29, 0.717) is 0 Å². The van der Waals surface area contributed by atoms with Gasteiger partial charge in [0.05, 0.1) is 0 Å². The highest BCUT2D eigenvalue weighted by Gasteiger charge is 2.32. The van der Waals surface area contributed by atoms with Crippen LogP contribution in [-0.2, 0) is 0 Å². The van der Waals surface area contributed by atoms with E-state index >= 15 is 0 Å². The molecule has 3 nitrogen and oxygen atoms in total. The van der Waals surface area contributed by atoms with E-state index in [1.54, 1.807) is 0 Å². The lowest BCUT2D eigenvalue weighted by atomic mass is 9.96. The molecule has 0 saturated carbocycles. The van der Waals surface area contributed by atoms with E-state index in [1.807, 2.05) is 0 Å². The molecule has 2 aliphatic heterocycles. The number of fused-ring (bicyclic) bond motifs is 1. The Morgan fingerprint density at radius 1 is 1.20 bits per heavy atom. The van der Waals surface area contributed by atoms with Gasteiger partial charge in [-0.25, -0.2) is 0 Å². The predicted molar refractivity (Wildman–Crippen MR) is 87.2 cm³/mol. The Morgan fingerprint density at radius 2 is 2.05 bits per heavy atom. The minimum Gasteiger partial charge on any atom is -0.314 e. The fraction of sp³-hybridized carbons (Fsp3) is 1.00. The van der Waals surface area contributed by atoms with Crippen molar-refractivity contribution >= 4 is 0 Å². The average molecular weight is 281 g/mol. The van der Waals surface area contributed by atoms with Gasteiger partial charge in [-0.05, 0) is 58.7 Å². The monoisotopic (exact) mass is 281 g/mol. The molecule has 1 N–H and O–H groups in total. The second kappa shape index (κ2) is 8.35. The van der Waals surface area contributed by atoms with E-state index in [0.717, 1.165) is 24.7 Å². The molecule has 0 aromatic rings. The van der Waals surface area contributed by atoms with Crippen LogP contribution in [0.4, 0.5) is 0 Å². The quantitative estimate of drug-likeness (QED) is 0.774. The molecule has 3 heteroatoms. The third kappa shape index (κ3) is 4.44. The molecule has 2 fully saturated rings. The first kappa shape index (κ1) is 16.3. The molecular weight excluding hydrogens is 246 g/mol. The maximum absolute atomic E-state index is 3.60. The van der Waals surface area contributed by atoms with Crippen LogP contribution in [0.2, 0.25) is 0 Å². The molecule has 2 rings (SSSR count). The van der Waals surface area contributed by atoms with Crippen LogP contribution in [0.1, 0.15) is 59.3 Å². The molecule has 3 unspecified atom stereocenters. The molecule has 0 spiro atoms. The fourth-order valence-corrected chi connectivity index (χ4v) is 4.00. The highest BCUT2D eigenvalue weighted by molar-refractivity contribution is 4.89. The van der Waals surface area contributed by atoms with Crippen molar-refractivity contribution in [2.75, 3.05) is 32.7 Å². The fourth-order valence-electron chi connectivity index (χ4n) is 4.00. The number of hydrogen-bond acceptors (Lipinski definition) is 3. The summed E-state index contributed by atoms with van der Waals surface area (Å²) in [7, 11) is 0. The SMILES string of the molecule is CCNC(CC)CCCN1CC2CCCCN2CC1C. The Labute approximate surface area is 126 Å². The molecule has 2 aliphatic rings. The molecule has 0 bridgehead atoms. The van der Waals surface area contributed by atoms with Crippen molar-refractivity contribution in [2.24, 2.45) is 0 Å². The van der Waals surface area contributed by atoms with Crippen LogP contribution in [0, 0.1) is 0 Å². The van der Waals surface area contributed by atoms with Crippen molar-refractivity contribution in [1.82, 2.24) is 15.1 Å². The first-order valence-electron chi connectivity index (χ1n) is 8.96. The van der Waals surface area contributed by atoms with E-state index in [2.05, 4.69) is 35.9 Å². The molecular formula is C17H35N3. The summed E-state index contributed by atoms with van der Waals surface area (Å²) in [5, 5.41) is 3.60. The minimum atomic E-state index is 0.728. The summed E-state index contributed by atoms with van der Waals surface area (Å²) in [5.74, 6) is 0. The summed E-state index contributed by atoms with van der Waals surface area (Å²) in [6.45, 7) is 13.3. The Balaban J connectivity index is 1.72. The number of hydrogen-bond donors (Lipinski definition) is 1. The molecule has 20 heavy (non-hydrogen) atoms. The number of nitrogens with zero attached hydrogens (tertiary/aromatic N) is 2. The van der Waals surface area contributed by atoms with Crippen LogP contribution in [0.25, 0.3) is 0 Å². The van der Waals surface area contributed by atoms with Gasteiger partial charge in [0.2, 0.25) is 0 Å². The zero-order chi connectivity index (χ0) is 14.4. The van der Waals surface area contributed by atoms with Crippen LogP contribution in [-0.4, -0.2) is 60.6 Å². The van der Waals surface area contributed by atoms with Crippen LogP contribution in [0.15, 0.2) is 0 Å². The molecule has 3 atom stereocenters. The van der Waals surface area contributed by atoms with Gasteiger partial charge in [-0.1, -0.05) is 20.3 Å². The van der Waals surface area contributed by atoms with Crippen molar-refractivity contribution in [3.8, 4) is 0 Å². The van der Waals surface area contributed by atoms with E-state index in [-0.39, 0.29) is 0 Å².